The highest BCUT2D eigenvalue weighted by Gasteiger charge is 2.31. The number of ether oxygens (including phenoxy) is 1. The van der Waals surface area contributed by atoms with Crippen molar-refractivity contribution in [3.05, 3.63) is 59.7 Å². The molecule has 0 bridgehead atoms. The first-order valence-electron chi connectivity index (χ1n) is 10.8. The lowest BCUT2D eigenvalue weighted by Gasteiger charge is -2.38. The Bertz CT molecular complexity index is 1100. The van der Waals surface area contributed by atoms with E-state index >= 15 is 0 Å². The monoisotopic (exact) mass is 404 g/mol. The molecule has 1 atom stereocenters. The normalized spacial score (nSPS) is 19.9. The van der Waals surface area contributed by atoms with E-state index < -0.39 is 0 Å². The van der Waals surface area contributed by atoms with Crippen LogP contribution in [0.2, 0.25) is 0 Å². The van der Waals surface area contributed by atoms with Gasteiger partial charge in [-0.2, -0.15) is 0 Å². The first-order valence-corrected chi connectivity index (χ1v) is 10.8. The first-order chi connectivity index (χ1) is 14.5. The zero-order valence-corrected chi connectivity index (χ0v) is 17.8. The first kappa shape index (κ1) is 19.1. The van der Waals surface area contributed by atoms with Gasteiger partial charge in [0.15, 0.2) is 0 Å². The SMILES string of the molecule is Cc1cn2cc(C3Cc4ccc(N5CCN(C(C)C)CC5)cc4OC3=O)cc2cn1. The molecule has 4 heterocycles. The summed E-state index contributed by atoms with van der Waals surface area (Å²) in [7, 11) is 0. The van der Waals surface area contributed by atoms with Gasteiger partial charge < -0.3 is 14.0 Å². The maximum absolute atomic E-state index is 12.8. The summed E-state index contributed by atoms with van der Waals surface area (Å²) in [6.07, 6.45) is 6.50. The summed E-state index contributed by atoms with van der Waals surface area (Å²) < 4.78 is 7.84. The fourth-order valence-electron chi connectivity index (χ4n) is 4.56. The van der Waals surface area contributed by atoms with Crippen LogP contribution in [0.15, 0.2) is 42.9 Å². The number of carbonyl (C=O) groups excluding carboxylic acids is 1. The van der Waals surface area contributed by atoms with Gasteiger partial charge in [0.05, 0.1) is 23.3 Å². The molecule has 30 heavy (non-hydrogen) atoms. The molecule has 0 N–H and O–H groups in total. The van der Waals surface area contributed by atoms with Crippen molar-refractivity contribution in [2.24, 2.45) is 0 Å². The summed E-state index contributed by atoms with van der Waals surface area (Å²) in [6.45, 7) is 10.6. The number of anilines is 1. The molecule has 2 aliphatic heterocycles. The Balaban J connectivity index is 1.36. The number of aryl methyl sites for hydroxylation is 1. The third-order valence-corrected chi connectivity index (χ3v) is 6.41. The van der Waals surface area contributed by atoms with Gasteiger partial charge in [-0.25, -0.2) is 0 Å². The van der Waals surface area contributed by atoms with Crippen LogP contribution in [0.5, 0.6) is 5.75 Å². The molecule has 0 amide bonds. The molecule has 0 radical (unpaired) electrons. The van der Waals surface area contributed by atoms with Gasteiger partial charge in [-0.3, -0.25) is 14.7 Å². The second-order valence-corrected chi connectivity index (χ2v) is 8.72. The van der Waals surface area contributed by atoms with Crippen LogP contribution < -0.4 is 9.64 Å². The minimum atomic E-state index is -0.279. The van der Waals surface area contributed by atoms with Gasteiger partial charge in [0.1, 0.15) is 5.75 Å². The highest BCUT2D eigenvalue weighted by Crippen LogP contribution is 2.36. The minimum absolute atomic E-state index is 0.176. The van der Waals surface area contributed by atoms with Crippen LogP contribution >= 0.6 is 0 Å². The molecule has 1 saturated heterocycles. The van der Waals surface area contributed by atoms with Crippen LogP contribution in [-0.2, 0) is 11.2 Å². The second-order valence-electron chi connectivity index (χ2n) is 8.72. The Morgan fingerprint density at radius 1 is 1.10 bits per heavy atom. The summed E-state index contributed by atoms with van der Waals surface area (Å²) in [4.78, 5) is 22.1. The lowest BCUT2D eigenvalue weighted by Crippen LogP contribution is -2.48. The number of carbonyl (C=O) groups is 1. The van der Waals surface area contributed by atoms with Gasteiger partial charge >= 0.3 is 5.97 Å². The summed E-state index contributed by atoms with van der Waals surface area (Å²) in [5, 5.41) is 0. The van der Waals surface area contributed by atoms with E-state index in [1.807, 2.05) is 42.0 Å². The van der Waals surface area contributed by atoms with Crippen LogP contribution in [0.3, 0.4) is 0 Å². The molecular weight excluding hydrogens is 376 g/mol. The maximum atomic E-state index is 12.8. The Kier molecular flexibility index (Phi) is 4.74. The number of esters is 1. The molecule has 156 valence electrons. The fraction of sp³-hybridized carbons (Fsp3) is 0.417. The van der Waals surface area contributed by atoms with E-state index in [4.69, 9.17) is 4.74 Å². The molecule has 6 heteroatoms. The molecule has 1 fully saturated rings. The molecule has 0 spiro atoms. The van der Waals surface area contributed by atoms with Crippen molar-refractivity contribution >= 4 is 17.2 Å². The molecule has 1 aromatic carbocycles. The van der Waals surface area contributed by atoms with Crippen molar-refractivity contribution < 1.29 is 9.53 Å². The standard InChI is InChI=1S/C24H28N4O2/c1-16(2)26-6-8-27(9-7-26)20-5-4-18-11-22(24(29)30-23(18)12-20)19-10-21-13-25-17(3)14-28(21)15-19/h4-5,10,12-16,22H,6-9,11H2,1-3H3. The van der Waals surface area contributed by atoms with Crippen molar-refractivity contribution in [3.63, 3.8) is 0 Å². The van der Waals surface area contributed by atoms with E-state index in [2.05, 4.69) is 40.8 Å². The number of piperazine rings is 1. The number of nitrogens with zero attached hydrogens (tertiary/aromatic N) is 4. The lowest BCUT2D eigenvalue weighted by atomic mass is 9.91. The van der Waals surface area contributed by atoms with Crippen LogP contribution in [0, 0.1) is 6.92 Å². The zero-order chi connectivity index (χ0) is 20.8. The predicted molar refractivity (Wildman–Crippen MR) is 117 cm³/mol. The third kappa shape index (κ3) is 3.45. The Morgan fingerprint density at radius 3 is 2.67 bits per heavy atom. The summed E-state index contributed by atoms with van der Waals surface area (Å²) in [5.41, 5.74) is 5.15. The van der Waals surface area contributed by atoms with Crippen molar-refractivity contribution in [1.29, 1.82) is 0 Å². The number of rotatable bonds is 3. The largest absolute Gasteiger partial charge is 0.426 e. The highest BCUT2D eigenvalue weighted by molar-refractivity contribution is 5.84. The van der Waals surface area contributed by atoms with E-state index in [9.17, 15) is 4.79 Å². The van der Waals surface area contributed by atoms with Crippen molar-refractivity contribution in [3.8, 4) is 5.75 Å². The second kappa shape index (κ2) is 7.43. The maximum Gasteiger partial charge on any atom is 0.319 e. The summed E-state index contributed by atoms with van der Waals surface area (Å²) in [6, 6.07) is 8.95. The van der Waals surface area contributed by atoms with Crippen LogP contribution in [0.1, 0.15) is 36.6 Å². The average Bonchev–Trinajstić information content (AvgIpc) is 3.15. The Morgan fingerprint density at radius 2 is 1.90 bits per heavy atom. The van der Waals surface area contributed by atoms with Gasteiger partial charge in [0, 0.05) is 56.4 Å². The number of hydrogen-bond acceptors (Lipinski definition) is 5. The fourth-order valence-corrected chi connectivity index (χ4v) is 4.56. The van der Waals surface area contributed by atoms with E-state index in [0.29, 0.717) is 18.2 Å². The number of hydrogen-bond donors (Lipinski definition) is 0. The van der Waals surface area contributed by atoms with Crippen LogP contribution in [0.4, 0.5) is 5.69 Å². The smallest absolute Gasteiger partial charge is 0.319 e. The van der Waals surface area contributed by atoms with Crippen molar-refractivity contribution in [1.82, 2.24) is 14.3 Å². The van der Waals surface area contributed by atoms with Gasteiger partial charge in [0.25, 0.3) is 0 Å². The minimum Gasteiger partial charge on any atom is -0.426 e. The zero-order valence-electron chi connectivity index (χ0n) is 17.8. The summed E-state index contributed by atoms with van der Waals surface area (Å²) >= 11 is 0. The van der Waals surface area contributed by atoms with Gasteiger partial charge in [-0.05, 0) is 50.5 Å². The van der Waals surface area contributed by atoms with Gasteiger partial charge in [-0.1, -0.05) is 6.07 Å². The predicted octanol–water partition coefficient (Wildman–Crippen LogP) is 3.42. The molecule has 3 aromatic rings. The van der Waals surface area contributed by atoms with Crippen molar-refractivity contribution in [2.75, 3.05) is 31.1 Å². The quantitative estimate of drug-likeness (QED) is 0.495. The van der Waals surface area contributed by atoms with Crippen LogP contribution in [-0.4, -0.2) is 52.5 Å². The molecule has 5 rings (SSSR count). The van der Waals surface area contributed by atoms with E-state index in [1.54, 1.807) is 0 Å². The van der Waals surface area contributed by atoms with E-state index in [-0.39, 0.29) is 11.9 Å². The average molecular weight is 405 g/mol. The van der Waals surface area contributed by atoms with E-state index in [0.717, 1.165) is 54.2 Å². The molecule has 0 aliphatic carbocycles. The Hall–Kier alpha value is -2.86. The third-order valence-electron chi connectivity index (χ3n) is 6.41. The Labute approximate surface area is 177 Å². The molecule has 2 aliphatic rings. The van der Waals surface area contributed by atoms with Gasteiger partial charge in [-0.15, -0.1) is 0 Å². The van der Waals surface area contributed by atoms with Gasteiger partial charge in [0.2, 0.25) is 0 Å². The summed E-state index contributed by atoms with van der Waals surface area (Å²) in [5.74, 6) is 0.254. The molecular formula is C24H28N4O2. The molecule has 0 saturated carbocycles. The molecule has 6 nitrogen and oxygen atoms in total. The number of benzene rings is 1. The molecule has 2 aromatic heterocycles. The van der Waals surface area contributed by atoms with Crippen molar-refractivity contribution in [2.45, 2.75) is 39.2 Å². The molecule has 1 unspecified atom stereocenters. The van der Waals surface area contributed by atoms with E-state index in [1.165, 1.54) is 0 Å². The number of fused-ring (bicyclic) bond motifs is 2. The lowest BCUT2D eigenvalue weighted by molar-refractivity contribution is -0.137. The number of aromatic nitrogens is 2. The highest BCUT2D eigenvalue weighted by atomic mass is 16.5. The van der Waals surface area contributed by atoms with Crippen LogP contribution in [0.25, 0.3) is 5.52 Å². The topological polar surface area (TPSA) is 50.1 Å².